The van der Waals surface area contributed by atoms with Gasteiger partial charge in [-0.3, -0.25) is 4.79 Å². The van der Waals surface area contributed by atoms with Crippen molar-refractivity contribution in [2.24, 2.45) is 0 Å². The summed E-state index contributed by atoms with van der Waals surface area (Å²) < 4.78 is 17.7. The number of hydrogen-bond acceptors (Lipinski definition) is 5. The first-order valence-electron chi connectivity index (χ1n) is 7.48. The van der Waals surface area contributed by atoms with E-state index >= 15 is 0 Å². The second-order valence-corrected chi connectivity index (χ2v) is 6.53. The van der Waals surface area contributed by atoms with Crippen molar-refractivity contribution < 1.29 is 18.7 Å². The SMILES string of the molecule is COC(=O)N1CCc2c(sc(NC(=O)c3ccc(F)cc3)c2C#N)C1. The molecule has 0 aliphatic carbocycles. The van der Waals surface area contributed by atoms with E-state index in [4.69, 9.17) is 4.74 Å². The van der Waals surface area contributed by atoms with Crippen LogP contribution in [0.15, 0.2) is 24.3 Å². The van der Waals surface area contributed by atoms with Gasteiger partial charge in [-0.05, 0) is 36.2 Å². The van der Waals surface area contributed by atoms with Crippen molar-refractivity contribution >= 4 is 28.3 Å². The summed E-state index contributed by atoms with van der Waals surface area (Å²) in [5.41, 5.74) is 1.56. The van der Waals surface area contributed by atoms with Crippen LogP contribution in [0, 0.1) is 17.1 Å². The van der Waals surface area contributed by atoms with Gasteiger partial charge in [0.05, 0.1) is 19.2 Å². The summed E-state index contributed by atoms with van der Waals surface area (Å²) in [6.45, 7) is 0.796. The number of methoxy groups -OCH3 is 1. The maximum atomic E-state index is 13.0. The third-order valence-electron chi connectivity index (χ3n) is 3.93. The predicted molar refractivity (Wildman–Crippen MR) is 89.9 cm³/mol. The Morgan fingerprint density at radius 2 is 2.08 bits per heavy atom. The van der Waals surface area contributed by atoms with Gasteiger partial charge >= 0.3 is 6.09 Å². The van der Waals surface area contributed by atoms with Gasteiger partial charge in [0.2, 0.25) is 0 Å². The first kappa shape index (κ1) is 16.9. The Kier molecular flexibility index (Phi) is 4.67. The Labute approximate surface area is 147 Å². The first-order valence-corrected chi connectivity index (χ1v) is 8.29. The molecule has 0 unspecified atom stereocenters. The van der Waals surface area contributed by atoms with Gasteiger partial charge in [0.15, 0.2) is 0 Å². The van der Waals surface area contributed by atoms with Gasteiger partial charge in [0.1, 0.15) is 16.9 Å². The maximum absolute atomic E-state index is 13.0. The van der Waals surface area contributed by atoms with E-state index in [0.717, 1.165) is 10.4 Å². The number of nitrogens with one attached hydrogen (secondary N) is 1. The zero-order chi connectivity index (χ0) is 18.0. The lowest BCUT2D eigenvalue weighted by Crippen LogP contribution is -2.35. The second kappa shape index (κ2) is 6.91. The molecule has 1 aliphatic heterocycles. The van der Waals surface area contributed by atoms with E-state index in [9.17, 15) is 19.2 Å². The fourth-order valence-corrected chi connectivity index (χ4v) is 3.88. The highest BCUT2D eigenvalue weighted by molar-refractivity contribution is 7.16. The van der Waals surface area contributed by atoms with Gasteiger partial charge < -0.3 is 15.0 Å². The van der Waals surface area contributed by atoms with E-state index in [1.54, 1.807) is 4.90 Å². The average molecular weight is 359 g/mol. The van der Waals surface area contributed by atoms with Gasteiger partial charge in [-0.1, -0.05) is 0 Å². The second-order valence-electron chi connectivity index (χ2n) is 5.42. The zero-order valence-electron chi connectivity index (χ0n) is 13.3. The number of carbonyl (C=O) groups is 2. The quantitative estimate of drug-likeness (QED) is 0.893. The van der Waals surface area contributed by atoms with Crippen LogP contribution in [0.25, 0.3) is 0 Å². The topological polar surface area (TPSA) is 82.4 Å². The van der Waals surface area contributed by atoms with Crippen molar-refractivity contribution in [1.82, 2.24) is 4.90 Å². The van der Waals surface area contributed by atoms with Crippen LogP contribution >= 0.6 is 11.3 Å². The molecule has 0 bridgehead atoms. The highest BCUT2D eigenvalue weighted by Gasteiger charge is 2.28. The lowest BCUT2D eigenvalue weighted by atomic mass is 10.0. The number of nitrogens with zero attached hydrogens (tertiary/aromatic N) is 2. The van der Waals surface area contributed by atoms with Gasteiger partial charge in [-0.15, -0.1) is 11.3 Å². The Bertz CT molecular complexity index is 870. The van der Waals surface area contributed by atoms with Crippen molar-refractivity contribution in [2.45, 2.75) is 13.0 Å². The van der Waals surface area contributed by atoms with Crippen LogP contribution in [0.1, 0.15) is 26.4 Å². The summed E-state index contributed by atoms with van der Waals surface area (Å²) in [4.78, 5) is 26.4. The number of ether oxygens (including phenoxy) is 1. The van der Waals surface area contributed by atoms with Crippen LogP contribution in [-0.2, 0) is 17.7 Å². The van der Waals surface area contributed by atoms with Crippen molar-refractivity contribution in [3.8, 4) is 6.07 Å². The van der Waals surface area contributed by atoms with Crippen molar-refractivity contribution in [2.75, 3.05) is 19.0 Å². The van der Waals surface area contributed by atoms with E-state index in [1.165, 1.54) is 42.7 Å². The van der Waals surface area contributed by atoms with Crippen LogP contribution in [0.3, 0.4) is 0 Å². The van der Waals surface area contributed by atoms with Crippen LogP contribution in [0.4, 0.5) is 14.2 Å². The fourth-order valence-electron chi connectivity index (χ4n) is 2.67. The Morgan fingerprint density at radius 1 is 1.36 bits per heavy atom. The number of benzene rings is 1. The summed E-state index contributed by atoms with van der Waals surface area (Å²) in [5, 5.41) is 12.6. The third-order valence-corrected chi connectivity index (χ3v) is 5.07. The predicted octanol–water partition coefficient (Wildman–Crippen LogP) is 3.14. The molecular weight excluding hydrogens is 345 g/mol. The van der Waals surface area contributed by atoms with E-state index in [-0.39, 0.29) is 0 Å². The Morgan fingerprint density at radius 3 is 2.72 bits per heavy atom. The minimum absolute atomic E-state index is 0.299. The average Bonchev–Trinajstić information content (AvgIpc) is 2.97. The molecule has 0 radical (unpaired) electrons. The maximum Gasteiger partial charge on any atom is 0.409 e. The molecule has 2 heterocycles. The van der Waals surface area contributed by atoms with Gasteiger partial charge in [-0.2, -0.15) is 5.26 Å². The molecule has 0 atom stereocenters. The number of amides is 2. The molecule has 1 aromatic heterocycles. The number of anilines is 1. The molecule has 128 valence electrons. The number of thiophene rings is 1. The monoisotopic (exact) mass is 359 g/mol. The summed E-state index contributed by atoms with van der Waals surface area (Å²) in [7, 11) is 1.32. The van der Waals surface area contributed by atoms with Crippen LogP contribution in [-0.4, -0.2) is 30.6 Å². The minimum atomic E-state index is -0.427. The normalized spacial score (nSPS) is 12.9. The fraction of sp³-hybridized carbons (Fsp3) is 0.235. The molecule has 6 nitrogen and oxygen atoms in total. The van der Waals surface area contributed by atoms with Gasteiger partial charge in [0, 0.05) is 17.0 Å². The number of halogens is 1. The largest absolute Gasteiger partial charge is 0.453 e. The van der Waals surface area contributed by atoms with Crippen LogP contribution in [0.2, 0.25) is 0 Å². The molecule has 0 spiro atoms. The van der Waals surface area contributed by atoms with Crippen LogP contribution in [0.5, 0.6) is 0 Å². The molecule has 8 heteroatoms. The van der Waals surface area contributed by atoms with Gasteiger partial charge in [-0.25, -0.2) is 9.18 Å². The third kappa shape index (κ3) is 3.32. The lowest BCUT2D eigenvalue weighted by molar-refractivity contribution is 0.102. The molecule has 2 amide bonds. The zero-order valence-corrected chi connectivity index (χ0v) is 14.2. The minimum Gasteiger partial charge on any atom is -0.453 e. The molecular formula is C17H14FN3O3S. The smallest absolute Gasteiger partial charge is 0.409 e. The summed E-state index contributed by atoms with van der Waals surface area (Å²) in [5.74, 6) is -0.844. The molecule has 0 fully saturated rings. The number of carbonyl (C=O) groups excluding carboxylic acids is 2. The molecule has 0 saturated heterocycles. The van der Waals surface area contributed by atoms with E-state index < -0.39 is 17.8 Å². The number of nitriles is 1. The summed E-state index contributed by atoms with van der Waals surface area (Å²) in [6.07, 6.45) is 0.102. The van der Waals surface area contributed by atoms with Crippen molar-refractivity contribution in [3.63, 3.8) is 0 Å². The van der Waals surface area contributed by atoms with E-state index in [0.29, 0.717) is 35.6 Å². The molecule has 25 heavy (non-hydrogen) atoms. The van der Waals surface area contributed by atoms with E-state index in [1.807, 2.05) is 0 Å². The Balaban J connectivity index is 1.85. The summed E-state index contributed by atoms with van der Waals surface area (Å²) >= 11 is 1.27. The number of fused-ring (bicyclic) bond motifs is 1. The summed E-state index contributed by atoms with van der Waals surface area (Å²) in [6, 6.07) is 7.29. The van der Waals surface area contributed by atoms with E-state index in [2.05, 4.69) is 11.4 Å². The molecule has 3 rings (SSSR count). The van der Waals surface area contributed by atoms with Gasteiger partial charge in [0.25, 0.3) is 5.91 Å². The number of rotatable bonds is 2. The number of hydrogen-bond donors (Lipinski definition) is 1. The highest BCUT2D eigenvalue weighted by atomic mass is 32.1. The molecule has 2 aromatic rings. The van der Waals surface area contributed by atoms with Crippen LogP contribution < -0.4 is 5.32 Å². The lowest BCUT2D eigenvalue weighted by Gasteiger charge is -2.25. The Hall–Kier alpha value is -2.92. The van der Waals surface area contributed by atoms with Crippen molar-refractivity contribution in [3.05, 3.63) is 51.7 Å². The molecule has 1 aliphatic rings. The molecule has 1 N–H and O–H groups in total. The molecule has 0 saturated carbocycles. The highest BCUT2D eigenvalue weighted by Crippen LogP contribution is 2.37. The molecule has 1 aromatic carbocycles. The standard InChI is InChI=1S/C17H14FN3O3S/c1-24-17(23)21-7-6-12-13(8-19)16(25-14(12)9-21)20-15(22)10-2-4-11(18)5-3-10/h2-5H,6-7,9H2,1H3,(H,20,22). The van der Waals surface area contributed by atoms with Crippen molar-refractivity contribution in [1.29, 1.82) is 5.26 Å². The first-order chi connectivity index (χ1) is 12.0.